The Bertz CT molecular complexity index is 297. The fourth-order valence-corrected chi connectivity index (χ4v) is 1.93. The summed E-state index contributed by atoms with van der Waals surface area (Å²) >= 11 is 5.90. The van der Waals surface area contributed by atoms with Crippen LogP contribution in [0.1, 0.15) is 6.92 Å². The van der Waals surface area contributed by atoms with Crippen molar-refractivity contribution in [2.75, 3.05) is 16.8 Å². The lowest BCUT2D eigenvalue weighted by molar-refractivity contribution is -0.114. The van der Waals surface area contributed by atoms with Crippen molar-refractivity contribution in [2.45, 2.75) is 11.8 Å². The molecular formula is C10H13NOS2. The number of carbonyl (C=O) groups excluding carboxylic acids is 1. The first-order chi connectivity index (χ1) is 6.72. The van der Waals surface area contributed by atoms with Crippen LogP contribution in [0, 0.1) is 0 Å². The molecule has 0 saturated carbocycles. The van der Waals surface area contributed by atoms with Gasteiger partial charge in [-0.05, 0) is 30.0 Å². The van der Waals surface area contributed by atoms with E-state index in [4.69, 9.17) is 0 Å². The van der Waals surface area contributed by atoms with Crippen LogP contribution in [0.4, 0.5) is 5.69 Å². The molecule has 2 nitrogen and oxygen atoms in total. The fourth-order valence-electron chi connectivity index (χ4n) is 1.00. The highest BCUT2D eigenvalue weighted by Gasteiger charge is 1.96. The molecule has 1 aromatic rings. The molecule has 0 radical (unpaired) electrons. The van der Waals surface area contributed by atoms with Crippen LogP contribution >= 0.6 is 24.4 Å². The fraction of sp³-hybridized carbons (Fsp3) is 0.300. The van der Waals surface area contributed by atoms with Gasteiger partial charge in [0.1, 0.15) is 0 Å². The second-order valence-corrected chi connectivity index (χ2v) is 4.39. The van der Waals surface area contributed by atoms with Gasteiger partial charge in [0.2, 0.25) is 5.91 Å². The third kappa shape index (κ3) is 4.07. The summed E-state index contributed by atoms with van der Waals surface area (Å²) in [6.45, 7) is 1.50. The molecule has 0 aliphatic carbocycles. The number of thioether (sulfide) groups is 1. The van der Waals surface area contributed by atoms with Crippen LogP contribution in [0.2, 0.25) is 0 Å². The number of amides is 1. The average molecular weight is 227 g/mol. The van der Waals surface area contributed by atoms with Gasteiger partial charge in [-0.15, -0.1) is 11.8 Å². The van der Waals surface area contributed by atoms with Gasteiger partial charge in [0.15, 0.2) is 0 Å². The van der Waals surface area contributed by atoms with Crippen molar-refractivity contribution in [1.82, 2.24) is 0 Å². The zero-order chi connectivity index (χ0) is 10.4. The molecule has 14 heavy (non-hydrogen) atoms. The van der Waals surface area contributed by atoms with Crippen molar-refractivity contribution in [3.8, 4) is 0 Å². The van der Waals surface area contributed by atoms with Gasteiger partial charge in [-0.1, -0.05) is 0 Å². The lowest BCUT2D eigenvalue weighted by Gasteiger charge is -2.03. The molecule has 0 fully saturated rings. The smallest absolute Gasteiger partial charge is 0.221 e. The average Bonchev–Trinajstić information content (AvgIpc) is 2.16. The molecular weight excluding hydrogens is 214 g/mol. The van der Waals surface area contributed by atoms with E-state index in [9.17, 15) is 4.79 Å². The molecule has 0 spiro atoms. The van der Waals surface area contributed by atoms with Gasteiger partial charge in [0.05, 0.1) is 0 Å². The molecule has 76 valence electrons. The Morgan fingerprint density at radius 1 is 1.43 bits per heavy atom. The van der Waals surface area contributed by atoms with E-state index in [-0.39, 0.29) is 5.91 Å². The van der Waals surface area contributed by atoms with E-state index < -0.39 is 0 Å². The van der Waals surface area contributed by atoms with E-state index in [0.29, 0.717) is 0 Å². The van der Waals surface area contributed by atoms with Crippen molar-refractivity contribution >= 4 is 36.0 Å². The topological polar surface area (TPSA) is 29.1 Å². The van der Waals surface area contributed by atoms with Gasteiger partial charge in [0.25, 0.3) is 0 Å². The monoisotopic (exact) mass is 227 g/mol. The summed E-state index contributed by atoms with van der Waals surface area (Å²) in [6, 6.07) is 7.81. The van der Waals surface area contributed by atoms with Crippen LogP contribution in [-0.2, 0) is 4.79 Å². The van der Waals surface area contributed by atoms with Crippen LogP contribution < -0.4 is 5.32 Å². The molecule has 0 bridgehead atoms. The van der Waals surface area contributed by atoms with Crippen LogP contribution in [0.3, 0.4) is 0 Å². The van der Waals surface area contributed by atoms with E-state index in [2.05, 4.69) is 17.9 Å². The molecule has 1 rings (SSSR count). The highest BCUT2D eigenvalue weighted by atomic mass is 32.2. The molecule has 0 aliphatic heterocycles. The van der Waals surface area contributed by atoms with Crippen molar-refractivity contribution in [3.05, 3.63) is 24.3 Å². The maximum Gasteiger partial charge on any atom is 0.221 e. The Labute approximate surface area is 93.9 Å². The SMILES string of the molecule is CC(=O)Nc1ccc(SCCS)cc1. The Morgan fingerprint density at radius 3 is 2.57 bits per heavy atom. The van der Waals surface area contributed by atoms with Crippen LogP contribution in [0.15, 0.2) is 29.2 Å². The first-order valence-electron chi connectivity index (χ1n) is 4.33. The predicted octanol–water partition coefficient (Wildman–Crippen LogP) is 2.67. The molecule has 0 aliphatic rings. The summed E-state index contributed by atoms with van der Waals surface area (Å²) in [5.41, 5.74) is 0.840. The summed E-state index contributed by atoms with van der Waals surface area (Å²) < 4.78 is 0. The summed E-state index contributed by atoms with van der Waals surface area (Å²) in [6.07, 6.45) is 0. The Kier molecular flexibility index (Phi) is 4.90. The van der Waals surface area contributed by atoms with Crippen molar-refractivity contribution in [2.24, 2.45) is 0 Å². The molecule has 0 saturated heterocycles. The Morgan fingerprint density at radius 2 is 2.07 bits per heavy atom. The predicted molar refractivity (Wildman–Crippen MR) is 65.3 cm³/mol. The molecule has 1 amide bonds. The number of carbonyl (C=O) groups is 1. The number of rotatable bonds is 4. The molecule has 4 heteroatoms. The van der Waals surface area contributed by atoms with E-state index >= 15 is 0 Å². The van der Waals surface area contributed by atoms with Gasteiger partial charge in [0, 0.05) is 23.3 Å². The minimum atomic E-state index is -0.0410. The Balaban J connectivity index is 2.54. The second kappa shape index (κ2) is 5.98. The molecule has 0 unspecified atom stereocenters. The molecule has 1 aromatic carbocycles. The second-order valence-electron chi connectivity index (χ2n) is 2.78. The van der Waals surface area contributed by atoms with Gasteiger partial charge in [-0.3, -0.25) is 4.79 Å². The molecule has 1 N–H and O–H groups in total. The number of thiol groups is 1. The first-order valence-corrected chi connectivity index (χ1v) is 5.95. The zero-order valence-electron chi connectivity index (χ0n) is 7.99. The summed E-state index contributed by atoms with van der Waals surface area (Å²) in [5, 5.41) is 2.72. The number of nitrogens with one attached hydrogen (secondary N) is 1. The van der Waals surface area contributed by atoms with Crippen molar-refractivity contribution < 1.29 is 4.79 Å². The lowest BCUT2D eigenvalue weighted by Crippen LogP contribution is -2.05. The number of hydrogen-bond acceptors (Lipinski definition) is 3. The van der Waals surface area contributed by atoms with Crippen molar-refractivity contribution in [1.29, 1.82) is 0 Å². The number of anilines is 1. The van der Waals surface area contributed by atoms with E-state index in [1.807, 2.05) is 24.3 Å². The number of benzene rings is 1. The highest BCUT2D eigenvalue weighted by molar-refractivity contribution is 8.00. The van der Waals surface area contributed by atoms with Gasteiger partial charge in [-0.2, -0.15) is 12.6 Å². The van der Waals surface area contributed by atoms with Gasteiger partial charge in [-0.25, -0.2) is 0 Å². The normalized spacial score (nSPS) is 9.86. The maximum atomic E-state index is 10.7. The maximum absolute atomic E-state index is 10.7. The van der Waals surface area contributed by atoms with Crippen LogP contribution in [0.25, 0.3) is 0 Å². The minimum Gasteiger partial charge on any atom is -0.326 e. The van der Waals surface area contributed by atoms with Gasteiger partial charge < -0.3 is 5.32 Å². The summed E-state index contributed by atoms with van der Waals surface area (Å²) in [4.78, 5) is 11.9. The third-order valence-electron chi connectivity index (χ3n) is 1.53. The van der Waals surface area contributed by atoms with Crippen molar-refractivity contribution in [3.63, 3.8) is 0 Å². The van der Waals surface area contributed by atoms with Crippen LogP contribution in [-0.4, -0.2) is 17.4 Å². The lowest BCUT2D eigenvalue weighted by atomic mass is 10.3. The first kappa shape index (κ1) is 11.5. The molecule has 0 heterocycles. The van der Waals surface area contributed by atoms with Gasteiger partial charge >= 0.3 is 0 Å². The molecule has 0 atom stereocenters. The molecule has 0 aromatic heterocycles. The third-order valence-corrected chi connectivity index (χ3v) is 3.07. The van der Waals surface area contributed by atoms with E-state index in [1.54, 1.807) is 11.8 Å². The number of hydrogen-bond donors (Lipinski definition) is 2. The minimum absolute atomic E-state index is 0.0410. The Hall–Kier alpha value is -0.610. The quantitative estimate of drug-likeness (QED) is 0.611. The van der Waals surface area contributed by atoms with E-state index in [0.717, 1.165) is 17.2 Å². The summed E-state index contributed by atoms with van der Waals surface area (Å²) in [5.74, 6) is 1.83. The standard InChI is InChI=1S/C10H13NOS2/c1-8(12)11-9-2-4-10(5-3-9)14-7-6-13/h2-5,13H,6-7H2,1H3,(H,11,12). The summed E-state index contributed by atoms with van der Waals surface area (Å²) in [7, 11) is 0. The largest absolute Gasteiger partial charge is 0.326 e. The highest BCUT2D eigenvalue weighted by Crippen LogP contribution is 2.20. The van der Waals surface area contributed by atoms with Crippen LogP contribution in [0.5, 0.6) is 0 Å². The van der Waals surface area contributed by atoms with E-state index in [1.165, 1.54) is 11.8 Å². The zero-order valence-corrected chi connectivity index (χ0v) is 9.70.